The van der Waals surface area contributed by atoms with Crippen molar-refractivity contribution >= 4 is 17.6 Å². The standard InChI is InChI=1S/C28H21ClF2N2O3/c1-16-12-20(10-11-32-16)27(33-36)15-24(22-9-7-21(29)14-26(22)31)18-4-2-17(3-5-18)19-6-8-23(28(34)35)25(30)13-19/h2-14,24,27H,15H2,1H3,(H,34,35)/t24-,27?/m0/s1. The SMILES string of the molecule is Cc1cc(C(C[C@@H](c2ccc(-c3ccc(C(=O)O)c(F)c3)cc2)c2ccc(Cl)cc2F)N=O)ccn1. The highest BCUT2D eigenvalue weighted by Crippen LogP contribution is 2.38. The molecular formula is C28H21ClF2N2O3. The molecule has 0 saturated heterocycles. The van der Waals surface area contributed by atoms with Crippen LogP contribution in [0.1, 0.15) is 51.1 Å². The van der Waals surface area contributed by atoms with Crippen LogP contribution < -0.4 is 0 Å². The first-order valence-electron chi connectivity index (χ1n) is 11.1. The summed E-state index contributed by atoms with van der Waals surface area (Å²) in [6, 6.07) is 18.1. The lowest BCUT2D eigenvalue weighted by molar-refractivity contribution is 0.0692. The van der Waals surface area contributed by atoms with Gasteiger partial charge in [0.05, 0.1) is 5.56 Å². The summed E-state index contributed by atoms with van der Waals surface area (Å²) in [6.07, 6.45) is 1.80. The normalized spacial score (nSPS) is 12.7. The summed E-state index contributed by atoms with van der Waals surface area (Å²) < 4.78 is 29.2. The summed E-state index contributed by atoms with van der Waals surface area (Å²) in [5, 5.41) is 12.6. The number of aromatic nitrogens is 1. The molecule has 0 amide bonds. The van der Waals surface area contributed by atoms with Gasteiger partial charge in [0, 0.05) is 22.8 Å². The van der Waals surface area contributed by atoms with E-state index < -0.39 is 35.1 Å². The Balaban J connectivity index is 1.72. The summed E-state index contributed by atoms with van der Waals surface area (Å²) in [5.74, 6) is -3.21. The van der Waals surface area contributed by atoms with Gasteiger partial charge in [-0.25, -0.2) is 13.6 Å². The van der Waals surface area contributed by atoms with Crippen molar-refractivity contribution in [3.8, 4) is 11.1 Å². The molecule has 2 atom stereocenters. The maximum Gasteiger partial charge on any atom is 0.338 e. The monoisotopic (exact) mass is 506 g/mol. The molecule has 0 aliphatic heterocycles. The van der Waals surface area contributed by atoms with E-state index in [1.54, 1.807) is 54.7 Å². The molecule has 182 valence electrons. The van der Waals surface area contributed by atoms with E-state index in [9.17, 15) is 14.1 Å². The maximum absolute atomic E-state index is 15.0. The Morgan fingerprint density at radius 3 is 2.28 bits per heavy atom. The quantitative estimate of drug-likeness (QED) is 0.248. The van der Waals surface area contributed by atoms with Crippen LogP contribution in [0.25, 0.3) is 11.1 Å². The average Bonchev–Trinajstić information content (AvgIpc) is 2.85. The zero-order valence-electron chi connectivity index (χ0n) is 19.2. The van der Waals surface area contributed by atoms with Gasteiger partial charge in [-0.15, -0.1) is 0 Å². The summed E-state index contributed by atoms with van der Waals surface area (Å²) >= 11 is 5.96. The first-order chi connectivity index (χ1) is 17.3. The van der Waals surface area contributed by atoms with Crippen LogP contribution in [0.15, 0.2) is 84.2 Å². The fourth-order valence-electron chi connectivity index (χ4n) is 4.24. The van der Waals surface area contributed by atoms with Gasteiger partial charge in [0.25, 0.3) is 0 Å². The highest BCUT2D eigenvalue weighted by atomic mass is 35.5. The molecule has 0 aliphatic rings. The molecule has 8 heteroatoms. The first-order valence-corrected chi connectivity index (χ1v) is 11.5. The largest absolute Gasteiger partial charge is 0.478 e. The number of rotatable bonds is 8. The number of hydrogen-bond donors (Lipinski definition) is 1. The molecule has 0 radical (unpaired) electrons. The Bertz CT molecular complexity index is 1430. The van der Waals surface area contributed by atoms with E-state index >= 15 is 4.39 Å². The summed E-state index contributed by atoms with van der Waals surface area (Å²) in [6.45, 7) is 1.81. The van der Waals surface area contributed by atoms with Gasteiger partial charge >= 0.3 is 5.97 Å². The van der Waals surface area contributed by atoms with Crippen LogP contribution in [-0.2, 0) is 0 Å². The Hall–Kier alpha value is -3.97. The second kappa shape index (κ2) is 10.7. The molecule has 4 rings (SSSR count). The van der Waals surface area contributed by atoms with Gasteiger partial charge in [0.15, 0.2) is 0 Å². The number of aryl methyl sites for hydroxylation is 1. The minimum absolute atomic E-state index is 0.201. The smallest absolute Gasteiger partial charge is 0.338 e. The Morgan fingerprint density at radius 1 is 0.944 bits per heavy atom. The fraction of sp³-hybridized carbons (Fsp3) is 0.143. The number of halogens is 3. The van der Waals surface area contributed by atoms with E-state index in [-0.39, 0.29) is 11.4 Å². The lowest BCUT2D eigenvalue weighted by atomic mass is 9.83. The Morgan fingerprint density at radius 2 is 1.67 bits per heavy atom. The summed E-state index contributed by atoms with van der Waals surface area (Å²) in [7, 11) is 0. The molecule has 0 bridgehead atoms. The molecule has 0 aliphatic carbocycles. The molecule has 1 N–H and O–H groups in total. The number of pyridine rings is 1. The Kier molecular flexibility index (Phi) is 7.50. The van der Waals surface area contributed by atoms with Crippen molar-refractivity contribution < 1.29 is 18.7 Å². The zero-order chi connectivity index (χ0) is 25.8. The predicted octanol–water partition coefficient (Wildman–Crippen LogP) is 7.72. The van der Waals surface area contributed by atoms with Crippen LogP contribution in [0, 0.1) is 23.5 Å². The van der Waals surface area contributed by atoms with Crippen LogP contribution >= 0.6 is 11.6 Å². The third-order valence-corrected chi connectivity index (χ3v) is 6.31. The lowest BCUT2D eigenvalue weighted by Gasteiger charge is -2.22. The molecule has 36 heavy (non-hydrogen) atoms. The van der Waals surface area contributed by atoms with E-state index in [4.69, 9.17) is 16.7 Å². The van der Waals surface area contributed by atoms with Crippen molar-refractivity contribution in [1.82, 2.24) is 4.98 Å². The number of carbonyl (C=O) groups is 1. The van der Waals surface area contributed by atoms with Crippen molar-refractivity contribution in [2.45, 2.75) is 25.3 Å². The molecule has 1 heterocycles. The van der Waals surface area contributed by atoms with Crippen molar-refractivity contribution in [2.24, 2.45) is 5.18 Å². The number of aromatic carboxylic acids is 1. The third kappa shape index (κ3) is 5.47. The van der Waals surface area contributed by atoms with Gasteiger partial charge in [-0.1, -0.05) is 53.2 Å². The molecule has 1 unspecified atom stereocenters. The number of nitrogens with zero attached hydrogens (tertiary/aromatic N) is 2. The van der Waals surface area contributed by atoms with Crippen molar-refractivity contribution in [3.63, 3.8) is 0 Å². The zero-order valence-corrected chi connectivity index (χ0v) is 19.9. The number of carboxylic acids is 1. The van der Waals surface area contributed by atoms with Gasteiger partial charge in [0.1, 0.15) is 17.7 Å². The topological polar surface area (TPSA) is 79.6 Å². The van der Waals surface area contributed by atoms with Crippen LogP contribution in [0.5, 0.6) is 0 Å². The van der Waals surface area contributed by atoms with Crippen LogP contribution in [0.3, 0.4) is 0 Å². The van der Waals surface area contributed by atoms with Crippen molar-refractivity contribution in [3.05, 3.63) is 129 Å². The van der Waals surface area contributed by atoms with E-state index in [1.807, 2.05) is 6.92 Å². The van der Waals surface area contributed by atoms with Gasteiger partial charge in [-0.05, 0) is 77.6 Å². The number of nitroso groups, excluding NO2 is 1. The van der Waals surface area contributed by atoms with E-state index in [1.165, 1.54) is 18.2 Å². The van der Waals surface area contributed by atoms with Gasteiger partial charge in [-0.3, -0.25) is 4.98 Å². The minimum Gasteiger partial charge on any atom is -0.478 e. The highest BCUT2D eigenvalue weighted by molar-refractivity contribution is 6.30. The van der Waals surface area contributed by atoms with E-state index in [0.29, 0.717) is 22.3 Å². The van der Waals surface area contributed by atoms with Gasteiger partial charge in [0.2, 0.25) is 0 Å². The highest BCUT2D eigenvalue weighted by Gasteiger charge is 2.25. The maximum atomic E-state index is 15.0. The second-order valence-corrected chi connectivity index (χ2v) is 8.86. The number of benzene rings is 3. The minimum atomic E-state index is -1.34. The van der Waals surface area contributed by atoms with Crippen LogP contribution in [0.4, 0.5) is 8.78 Å². The number of carboxylic acid groups (broad SMARTS) is 1. The van der Waals surface area contributed by atoms with Crippen LogP contribution in [0.2, 0.25) is 5.02 Å². The molecular weight excluding hydrogens is 486 g/mol. The summed E-state index contributed by atoms with van der Waals surface area (Å²) in [4.78, 5) is 27.1. The first kappa shape index (κ1) is 25.1. The van der Waals surface area contributed by atoms with Crippen LogP contribution in [-0.4, -0.2) is 16.1 Å². The van der Waals surface area contributed by atoms with E-state index in [0.717, 1.165) is 17.3 Å². The summed E-state index contributed by atoms with van der Waals surface area (Å²) in [5.41, 5.74) is 3.25. The molecule has 4 aromatic rings. The fourth-order valence-corrected chi connectivity index (χ4v) is 4.40. The molecule has 1 aromatic heterocycles. The third-order valence-electron chi connectivity index (χ3n) is 6.08. The average molecular weight is 507 g/mol. The predicted molar refractivity (Wildman–Crippen MR) is 134 cm³/mol. The molecule has 0 saturated carbocycles. The van der Waals surface area contributed by atoms with Crippen molar-refractivity contribution in [2.75, 3.05) is 0 Å². The molecule has 3 aromatic carbocycles. The van der Waals surface area contributed by atoms with E-state index in [2.05, 4.69) is 10.2 Å². The van der Waals surface area contributed by atoms with Gasteiger partial charge in [-0.2, -0.15) is 4.91 Å². The lowest BCUT2D eigenvalue weighted by Crippen LogP contribution is -2.09. The number of hydrogen-bond acceptors (Lipinski definition) is 4. The Labute approximate surface area is 211 Å². The molecule has 0 spiro atoms. The van der Waals surface area contributed by atoms with Crippen molar-refractivity contribution in [1.29, 1.82) is 0 Å². The molecule has 5 nitrogen and oxygen atoms in total. The molecule has 0 fully saturated rings. The van der Waals surface area contributed by atoms with Gasteiger partial charge < -0.3 is 5.11 Å². The second-order valence-electron chi connectivity index (χ2n) is 8.43.